The molecular weight excluding hydrogens is 356 g/mol. The minimum atomic E-state index is 0.00647. The zero-order chi connectivity index (χ0) is 19.1. The molecule has 0 unspecified atom stereocenters. The average Bonchev–Trinajstić information content (AvgIpc) is 3.04. The SMILES string of the molecule is Cc1cc(C)cc(Nc2ncc3ccc4sc(C(=O)N(C)C)cc4c3n2)c1. The van der Waals surface area contributed by atoms with Crippen molar-refractivity contribution in [3.63, 3.8) is 0 Å². The van der Waals surface area contributed by atoms with Crippen LogP contribution in [0.25, 0.3) is 21.0 Å². The summed E-state index contributed by atoms with van der Waals surface area (Å²) in [4.78, 5) is 23.8. The lowest BCUT2D eigenvalue weighted by Crippen LogP contribution is -2.20. The van der Waals surface area contributed by atoms with E-state index in [1.807, 2.05) is 24.4 Å². The number of thiophene rings is 1. The Hall–Kier alpha value is -2.99. The number of aromatic nitrogens is 2. The molecule has 0 bridgehead atoms. The summed E-state index contributed by atoms with van der Waals surface area (Å²) in [6, 6.07) is 12.2. The van der Waals surface area contributed by atoms with Gasteiger partial charge in [-0.05, 0) is 55.3 Å². The van der Waals surface area contributed by atoms with E-state index < -0.39 is 0 Å². The van der Waals surface area contributed by atoms with E-state index in [9.17, 15) is 4.79 Å². The van der Waals surface area contributed by atoms with Crippen molar-refractivity contribution < 1.29 is 4.79 Å². The van der Waals surface area contributed by atoms with E-state index >= 15 is 0 Å². The van der Waals surface area contributed by atoms with E-state index in [1.54, 1.807) is 19.0 Å². The summed E-state index contributed by atoms with van der Waals surface area (Å²) in [6.07, 6.45) is 1.82. The Balaban J connectivity index is 1.80. The molecule has 4 aromatic rings. The second-order valence-electron chi connectivity index (χ2n) is 6.92. The first-order valence-electron chi connectivity index (χ1n) is 8.67. The van der Waals surface area contributed by atoms with Crippen molar-refractivity contribution in [2.75, 3.05) is 19.4 Å². The maximum atomic E-state index is 12.3. The number of anilines is 2. The number of nitrogens with one attached hydrogen (secondary N) is 1. The van der Waals surface area contributed by atoms with Crippen molar-refractivity contribution >= 4 is 49.9 Å². The van der Waals surface area contributed by atoms with Crippen LogP contribution in [0.3, 0.4) is 0 Å². The highest BCUT2D eigenvalue weighted by atomic mass is 32.1. The molecule has 4 rings (SSSR count). The Morgan fingerprint density at radius 3 is 2.52 bits per heavy atom. The van der Waals surface area contributed by atoms with Gasteiger partial charge in [0.2, 0.25) is 5.95 Å². The van der Waals surface area contributed by atoms with Gasteiger partial charge in [0, 0.05) is 41.5 Å². The molecule has 0 saturated heterocycles. The molecule has 6 heteroatoms. The summed E-state index contributed by atoms with van der Waals surface area (Å²) in [5.41, 5.74) is 4.19. The Morgan fingerprint density at radius 1 is 1.07 bits per heavy atom. The number of amides is 1. The first-order valence-corrected chi connectivity index (χ1v) is 9.48. The third-order valence-electron chi connectivity index (χ3n) is 4.34. The number of aryl methyl sites for hydroxylation is 2. The molecule has 0 aliphatic heterocycles. The molecular formula is C21H20N4OS. The molecule has 0 saturated carbocycles. The van der Waals surface area contributed by atoms with Crippen LogP contribution in [0.15, 0.2) is 42.6 Å². The number of benzene rings is 2. The molecule has 2 aromatic carbocycles. The lowest BCUT2D eigenvalue weighted by molar-refractivity contribution is 0.0832. The second-order valence-corrected chi connectivity index (χ2v) is 8.00. The van der Waals surface area contributed by atoms with Gasteiger partial charge < -0.3 is 10.2 Å². The number of nitrogens with zero attached hydrogens (tertiary/aromatic N) is 3. The van der Waals surface area contributed by atoms with Crippen LogP contribution in [0, 0.1) is 13.8 Å². The van der Waals surface area contributed by atoms with Crippen LogP contribution in [0.1, 0.15) is 20.8 Å². The molecule has 0 aliphatic rings. The van der Waals surface area contributed by atoms with Gasteiger partial charge in [0.15, 0.2) is 0 Å². The Morgan fingerprint density at radius 2 is 1.81 bits per heavy atom. The highest BCUT2D eigenvalue weighted by molar-refractivity contribution is 7.21. The maximum Gasteiger partial charge on any atom is 0.263 e. The summed E-state index contributed by atoms with van der Waals surface area (Å²) in [7, 11) is 3.53. The Labute approximate surface area is 161 Å². The molecule has 2 aromatic heterocycles. The third kappa shape index (κ3) is 3.36. The highest BCUT2D eigenvalue weighted by Crippen LogP contribution is 2.32. The fourth-order valence-corrected chi connectivity index (χ4v) is 4.26. The number of carbonyl (C=O) groups excluding carboxylic acids is 1. The number of fused-ring (bicyclic) bond motifs is 3. The summed E-state index contributed by atoms with van der Waals surface area (Å²) in [5.74, 6) is 0.554. The van der Waals surface area contributed by atoms with E-state index in [1.165, 1.54) is 22.5 Å². The third-order valence-corrected chi connectivity index (χ3v) is 5.43. The van der Waals surface area contributed by atoms with Crippen molar-refractivity contribution in [1.82, 2.24) is 14.9 Å². The lowest BCUT2D eigenvalue weighted by Gasteiger charge is -2.08. The van der Waals surface area contributed by atoms with Gasteiger partial charge in [0.25, 0.3) is 5.91 Å². The number of hydrogen-bond donors (Lipinski definition) is 1. The largest absolute Gasteiger partial charge is 0.344 e. The van der Waals surface area contributed by atoms with Gasteiger partial charge in [0.1, 0.15) is 0 Å². The van der Waals surface area contributed by atoms with Crippen LogP contribution in [0.5, 0.6) is 0 Å². The summed E-state index contributed by atoms with van der Waals surface area (Å²) in [5, 5.41) is 5.23. The molecule has 0 aliphatic carbocycles. The van der Waals surface area contributed by atoms with Crippen LogP contribution in [0.4, 0.5) is 11.6 Å². The van der Waals surface area contributed by atoms with Gasteiger partial charge in [-0.2, -0.15) is 0 Å². The smallest absolute Gasteiger partial charge is 0.263 e. The zero-order valence-electron chi connectivity index (χ0n) is 15.7. The van der Waals surface area contributed by atoms with E-state index in [0.29, 0.717) is 10.8 Å². The fraction of sp³-hybridized carbons (Fsp3) is 0.190. The number of hydrogen-bond acceptors (Lipinski definition) is 5. The van der Waals surface area contributed by atoms with Crippen molar-refractivity contribution in [3.05, 3.63) is 58.6 Å². The topological polar surface area (TPSA) is 58.1 Å². The second kappa shape index (κ2) is 6.63. The van der Waals surface area contributed by atoms with E-state index in [-0.39, 0.29) is 5.91 Å². The molecule has 2 heterocycles. The zero-order valence-corrected chi connectivity index (χ0v) is 16.5. The van der Waals surface area contributed by atoms with Crippen molar-refractivity contribution in [2.45, 2.75) is 13.8 Å². The summed E-state index contributed by atoms with van der Waals surface area (Å²) < 4.78 is 1.05. The molecule has 1 amide bonds. The molecule has 136 valence electrons. The van der Waals surface area contributed by atoms with Gasteiger partial charge in [-0.25, -0.2) is 9.97 Å². The maximum absolute atomic E-state index is 12.3. The number of carbonyl (C=O) groups is 1. The minimum Gasteiger partial charge on any atom is -0.344 e. The van der Waals surface area contributed by atoms with Crippen LogP contribution < -0.4 is 5.32 Å². The normalized spacial score (nSPS) is 11.1. The molecule has 0 radical (unpaired) electrons. The van der Waals surface area contributed by atoms with Crippen LogP contribution in [-0.4, -0.2) is 34.9 Å². The fourth-order valence-electron chi connectivity index (χ4n) is 3.17. The Bertz CT molecular complexity index is 1160. The van der Waals surface area contributed by atoms with Gasteiger partial charge in [-0.1, -0.05) is 6.07 Å². The lowest BCUT2D eigenvalue weighted by atomic mass is 10.1. The molecule has 0 atom stereocenters. The van der Waals surface area contributed by atoms with Crippen LogP contribution >= 0.6 is 11.3 Å². The molecule has 27 heavy (non-hydrogen) atoms. The van der Waals surface area contributed by atoms with E-state index in [2.05, 4.69) is 42.3 Å². The predicted octanol–water partition coefficient (Wildman–Crippen LogP) is 4.91. The van der Waals surface area contributed by atoms with Crippen LogP contribution in [-0.2, 0) is 0 Å². The van der Waals surface area contributed by atoms with Crippen molar-refractivity contribution in [1.29, 1.82) is 0 Å². The first kappa shape index (κ1) is 17.4. The van der Waals surface area contributed by atoms with Crippen LogP contribution in [0.2, 0.25) is 0 Å². The summed E-state index contributed by atoms with van der Waals surface area (Å²) >= 11 is 1.49. The van der Waals surface area contributed by atoms with Gasteiger partial charge >= 0.3 is 0 Å². The van der Waals surface area contributed by atoms with Gasteiger partial charge in [0.05, 0.1) is 10.4 Å². The van der Waals surface area contributed by atoms with Gasteiger partial charge in [-0.15, -0.1) is 11.3 Å². The minimum absolute atomic E-state index is 0.00647. The molecule has 5 nitrogen and oxygen atoms in total. The number of rotatable bonds is 3. The van der Waals surface area contributed by atoms with Crippen molar-refractivity contribution in [2.24, 2.45) is 0 Å². The Kier molecular flexibility index (Phi) is 4.28. The van der Waals surface area contributed by atoms with Crippen molar-refractivity contribution in [3.8, 4) is 0 Å². The molecule has 0 spiro atoms. The standard InChI is InChI=1S/C21H20N4OS/c1-12-7-13(2)9-15(8-12)23-21-22-11-14-5-6-17-16(19(14)24-21)10-18(27-17)20(26)25(3)4/h5-11H,1-4H3,(H,22,23,24). The molecule has 1 N–H and O–H groups in total. The average molecular weight is 376 g/mol. The van der Waals surface area contributed by atoms with E-state index in [0.717, 1.165) is 26.7 Å². The molecule has 0 fully saturated rings. The predicted molar refractivity (Wildman–Crippen MR) is 112 cm³/mol. The van der Waals surface area contributed by atoms with Gasteiger partial charge in [-0.3, -0.25) is 4.79 Å². The monoisotopic (exact) mass is 376 g/mol. The first-order chi connectivity index (χ1) is 12.9. The summed E-state index contributed by atoms with van der Waals surface area (Å²) in [6.45, 7) is 4.13. The highest BCUT2D eigenvalue weighted by Gasteiger charge is 2.14. The van der Waals surface area contributed by atoms with E-state index in [4.69, 9.17) is 4.98 Å². The quantitative estimate of drug-likeness (QED) is 0.552.